The van der Waals surface area contributed by atoms with Crippen molar-refractivity contribution in [3.8, 4) is 11.5 Å². The second kappa shape index (κ2) is 6.69. The molecular weight excluding hydrogens is 342 g/mol. The zero-order valence-electron chi connectivity index (χ0n) is 13.9. The highest BCUT2D eigenvalue weighted by Gasteiger charge is 2.28. The number of aromatic hydroxyl groups is 2. The summed E-state index contributed by atoms with van der Waals surface area (Å²) in [6.07, 6.45) is 10.5. The largest absolute Gasteiger partial charge is 0.507 e. The predicted molar refractivity (Wildman–Crippen MR) is 103 cm³/mol. The van der Waals surface area contributed by atoms with Crippen LogP contribution in [-0.2, 0) is 0 Å². The molecule has 0 spiro atoms. The first-order chi connectivity index (χ1) is 11.4. The minimum absolute atomic E-state index is 0.122. The van der Waals surface area contributed by atoms with Crippen LogP contribution in [0.2, 0.25) is 0 Å². The Kier molecular flexibility index (Phi) is 4.79. The van der Waals surface area contributed by atoms with Crippen LogP contribution in [0.15, 0.2) is 34.3 Å². The van der Waals surface area contributed by atoms with E-state index in [-0.39, 0.29) is 17.5 Å². The van der Waals surface area contributed by atoms with E-state index in [1.165, 1.54) is 0 Å². The van der Waals surface area contributed by atoms with Gasteiger partial charge in [-0.15, -0.1) is 11.8 Å². The highest BCUT2D eigenvalue weighted by molar-refractivity contribution is 8.14. The summed E-state index contributed by atoms with van der Waals surface area (Å²) in [6.45, 7) is 5.43. The maximum atomic E-state index is 10.3. The minimum Gasteiger partial charge on any atom is -0.507 e. The van der Waals surface area contributed by atoms with Crippen molar-refractivity contribution in [2.75, 3.05) is 0 Å². The molecule has 3 nitrogen and oxygen atoms in total. The van der Waals surface area contributed by atoms with Gasteiger partial charge in [0.25, 0.3) is 0 Å². The van der Waals surface area contributed by atoms with Crippen LogP contribution in [-0.4, -0.2) is 26.5 Å². The van der Waals surface area contributed by atoms with E-state index in [0.717, 1.165) is 15.6 Å². The van der Waals surface area contributed by atoms with Gasteiger partial charge in [-0.05, 0) is 44.1 Å². The van der Waals surface area contributed by atoms with Gasteiger partial charge in [-0.25, -0.2) is 0 Å². The van der Waals surface area contributed by atoms with E-state index in [0.29, 0.717) is 28.4 Å². The summed E-state index contributed by atoms with van der Waals surface area (Å²) >= 11 is 7.77. The van der Waals surface area contributed by atoms with Crippen molar-refractivity contribution in [3.05, 3.63) is 51.6 Å². The van der Waals surface area contributed by atoms with Gasteiger partial charge in [-0.1, -0.05) is 29.8 Å². The molecule has 2 atom stereocenters. The standard InChI is InChI=1S/C19H20ClNO2S/c1-10-11(2)19(23)14(12(3)18(10)22)5-4-6-17-21-15-9-13(20)7-8-16(15)24-17/h4-5,7-9,15-16,22-23H,6H2,1-3H3/b5-4+. The number of phenolic OH excluding ortho intramolecular Hbond substituents is 2. The number of hydrogen-bond donors (Lipinski definition) is 2. The quantitative estimate of drug-likeness (QED) is 0.745. The Bertz CT molecular complexity index is 779. The molecule has 0 saturated carbocycles. The molecule has 0 amide bonds. The Morgan fingerprint density at radius 2 is 1.88 bits per heavy atom. The van der Waals surface area contributed by atoms with Crippen LogP contribution in [0.5, 0.6) is 11.5 Å². The molecule has 0 aromatic heterocycles. The second-order valence-corrected chi connectivity index (χ2v) is 7.79. The van der Waals surface area contributed by atoms with Gasteiger partial charge in [0.05, 0.1) is 16.3 Å². The monoisotopic (exact) mass is 361 g/mol. The number of allylic oxidation sites excluding steroid dienone is 3. The van der Waals surface area contributed by atoms with Crippen molar-refractivity contribution in [2.24, 2.45) is 4.99 Å². The summed E-state index contributed by atoms with van der Waals surface area (Å²) in [4.78, 5) is 4.69. The molecule has 3 rings (SSSR count). The van der Waals surface area contributed by atoms with E-state index in [4.69, 9.17) is 16.6 Å². The van der Waals surface area contributed by atoms with Crippen molar-refractivity contribution in [1.29, 1.82) is 0 Å². The fourth-order valence-electron chi connectivity index (χ4n) is 2.91. The van der Waals surface area contributed by atoms with E-state index in [2.05, 4.69) is 6.08 Å². The van der Waals surface area contributed by atoms with E-state index in [1.807, 2.05) is 45.1 Å². The Labute approximate surface area is 151 Å². The van der Waals surface area contributed by atoms with Crippen molar-refractivity contribution >= 4 is 34.5 Å². The zero-order valence-corrected chi connectivity index (χ0v) is 15.4. The van der Waals surface area contributed by atoms with Crippen LogP contribution < -0.4 is 0 Å². The lowest BCUT2D eigenvalue weighted by molar-refractivity contribution is 0.448. The van der Waals surface area contributed by atoms with Gasteiger partial charge in [-0.2, -0.15) is 0 Å². The highest BCUT2D eigenvalue weighted by Crippen LogP contribution is 2.38. The SMILES string of the molecule is Cc1c(C)c(O)c(/C=C/CC2=NC3C=C(Cl)C=CC3S2)c(C)c1O. The molecule has 1 heterocycles. The van der Waals surface area contributed by atoms with Gasteiger partial charge in [0.15, 0.2) is 0 Å². The number of thioether (sulfide) groups is 1. The molecule has 2 unspecified atom stereocenters. The lowest BCUT2D eigenvalue weighted by Gasteiger charge is -2.13. The summed E-state index contributed by atoms with van der Waals surface area (Å²) in [7, 11) is 0. The summed E-state index contributed by atoms with van der Waals surface area (Å²) in [5.41, 5.74) is 2.79. The fraction of sp³-hybridized carbons (Fsp3) is 0.316. The number of hydrogen-bond acceptors (Lipinski definition) is 4. The van der Waals surface area contributed by atoms with Gasteiger partial charge in [0, 0.05) is 22.6 Å². The number of halogens is 1. The van der Waals surface area contributed by atoms with Crippen LogP contribution in [0.4, 0.5) is 0 Å². The van der Waals surface area contributed by atoms with Crippen molar-refractivity contribution < 1.29 is 10.2 Å². The first-order valence-electron chi connectivity index (χ1n) is 7.85. The predicted octanol–water partition coefficient (Wildman–Crippen LogP) is 5.00. The number of aliphatic imine (C=N–C) groups is 1. The fourth-order valence-corrected chi connectivity index (χ4v) is 4.24. The molecule has 2 aliphatic rings. The van der Waals surface area contributed by atoms with Crippen LogP contribution in [0.3, 0.4) is 0 Å². The van der Waals surface area contributed by atoms with Crippen LogP contribution >= 0.6 is 23.4 Å². The number of nitrogens with zero attached hydrogens (tertiary/aromatic N) is 1. The van der Waals surface area contributed by atoms with Gasteiger partial charge < -0.3 is 10.2 Å². The first-order valence-corrected chi connectivity index (χ1v) is 9.11. The third kappa shape index (κ3) is 3.13. The van der Waals surface area contributed by atoms with Gasteiger partial charge in [-0.3, -0.25) is 4.99 Å². The molecule has 0 bridgehead atoms. The topological polar surface area (TPSA) is 52.8 Å². The molecule has 0 saturated heterocycles. The Hall–Kier alpha value is -1.65. The molecule has 1 aliphatic heterocycles. The normalized spacial score (nSPS) is 22.7. The molecule has 5 heteroatoms. The number of benzene rings is 1. The average Bonchev–Trinajstić information content (AvgIpc) is 2.96. The van der Waals surface area contributed by atoms with Gasteiger partial charge >= 0.3 is 0 Å². The third-order valence-corrected chi connectivity index (χ3v) is 6.05. The summed E-state index contributed by atoms with van der Waals surface area (Å²) in [6, 6.07) is 0.122. The molecule has 2 N–H and O–H groups in total. The number of phenols is 2. The van der Waals surface area contributed by atoms with Crippen molar-refractivity contribution in [3.63, 3.8) is 0 Å². The molecule has 1 aromatic rings. The molecular formula is C19H20ClNO2S. The number of fused-ring (bicyclic) bond motifs is 1. The first kappa shape index (κ1) is 17.2. The molecule has 126 valence electrons. The molecule has 0 radical (unpaired) electrons. The maximum absolute atomic E-state index is 10.3. The Balaban J connectivity index is 1.77. The van der Waals surface area contributed by atoms with Gasteiger partial charge in [0.2, 0.25) is 0 Å². The molecule has 1 aromatic carbocycles. The van der Waals surface area contributed by atoms with E-state index < -0.39 is 0 Å². The molecule has 24 heavy (non-hydrogen) atoms. The van der Waals surface area contributed by atoms with Crippen molar-refractivity contribution in [2.45, 2.75) is 38.5 Å². The summed E-state index contributed by atoms with van der Waals surface area (Å²) in [5, 5.41) is 22.6. The summed E-state index contributed by atoms with van der Waals surface area (Å²) in [5.74, 6) is 0.472. The Morgan fingerprint density at radius 1 is 1.17 bits per heavy atom. The maximum Gasteiger partial charge on any atom is 0.126 e. The second-order valence-electron chi connectivity index (χ2n) is 6.10. The van der Waals surface area contributed by atoms with E-state index in [1.54, 1.807) is 11.8 Å². The highest BCUT2D eigenvalue weighted by atomic mass is 35.5. The molecule has 0 fully saturated rings. The van der Waals surface area contributed by atoms with Crippen molar-refractivity contribution in [1.82, 2.24) is 0 Å². The van der Waals surface area contributed by atoms with E-state index >= 15 is 0 Å². The third-order valence-electron chi connectivity index (χ3n) is 4.54. The summed E-state index contributed by atoms with van der Waals surface area (Å²) < 4.78 is 0. The van der Waals surface area contributed by atoms with Crippen LogP contribution in [0.25, 0.3) is 6.08 Å². The Morgan fingerprint density at radius 3 is 2.62 bits per heavy atom. The molecule has 1 aliphatic carbocycles. The number of rotatable bonds is 3. The lowest BCUT2D eigenvalue weighted by Crippen LogP contribution is -2.14. The average molecular weight is 362 g/mol. The smallest absolute Gasteiger partial charge is 0.126 e. The van der Waals surface area contributed by atoms with Crippen LogP contribution in [0.1, 0.15) is 28.7 Å². The van der Waals surface area contributed by atoms with Gasteiger partial charge in [0.1, 0.15) is 11.5 Å². The minimum atomic E-state index is 0.122. The van der Waals surface area contributed by atoms with E-state index in [9.17, 15) is 10.2 Å². The van der Waals surface area contributed by atoms with Crippen LogP contribution in [0, 0.1) is 20.8 Å². The zero-order chi connectivity index (χ0) is 17.4. The lowest BCUT2D eigenvalue weighted by atomic mass is 9.97.